The van der Waals surface area contributed by atoms with Crippen molar-refractivity contribution >= 4 is 5.91 Å². The topological polar surface area (TPSA) is 54.5 Å². The number of benzene rings is 1. The summed E-state index contributed by atoms with van der Waals surface area (Å²) < 4.78 is 5.80. The Labute approximate surface area is 142 Å². The van der Waals surface area contributed by atoms with E-state index >= 15 is 0 Å². The zero-order valence-electron chi connectivity index (χ0n) is 14.2. The number of nitrogens with zero attached hydrogens (tertiary/aromatic N) is 2. The molecule has 1 unspecified atom stereocenters. The van der Waals surface area contributed by atoms with E-state index in [2.05, 4.69) is 15.2 Å². The highest BCUT2D eigenvalue weighted by molar-refractivity contribution is 5.81. The molecular formula is C19H23N3O2. The smallest absolute Gasteiger partial charge is 0.237 e. The first-order valence-electron chi connectivity index (χ1n) is 8.29. The molecule has 5 heteroatoms. The Morgan fingerprint density at radius 1 is 1.29 bits per heavy atom. The van der Waals surface area contributed by atoms with E-state index in [1.807, 2.05) is 50.4 Å². The standard InChI is InChI=1S/C19H23N3O2/c1-14-12-17(9-10-20-14)24-16-7-5-15(6-8-16)13-21-19(23)18-4-3-11-22(18)2/h5-10,12,18H,3-4,11,13H2,1-2H3,(H,21,23). The van der Waals surface area contributed by atoms with E-state index in [0.29, 0.717) is 6.54 Å². The molecule has 1 N–H and O–H groups in total. The molecule has 2 heterocycles. The predicted molar refractivity (Wildman–Crippen MR) is 93.0 cm³/mol. The van der Waals surface area contributed by atoms with Crippen LogP contribution in [0.5, 0.6) is 11.5 Å². The average Bonchev–Trinajstić information content (AvgIpc) is 3.00. The van der Waals surface area contributed by atoms with Crippen molar-refractivity contribution in [3.8, 4) is 11.5 Å². The predicted octanol–water partition coefficient (Wildman–Crippen LogP) is 2.89. The number of likely N-dealkylation sites (N-methyl/N-ethyl adjacent to an activating group) is 1. The lowest BCUT2D eigenvalue weighted by Gasteiger charge is -2.18. The van der Waals surface area contributed by atoms with E-state index in [1.165, 1.54) is 0 Å². The molecule has 1 aliphatic heterocycles. The molecule has 2 aromatic rings. The Morgan fingerprint density at radius 2 is 2.08 bits per heavy atom. The molecule has 126 valence electrons. The van der Waals surface area contributed by atoms with Crippen LogP contribution in [0.1, 0.15) is 24.1 Å². The molecule has 0 spiro atoms. The second kappa shape index (κ2) is 7.45. The minimum Gasteiger partial charge on any atom is -0.457 e. The van der Waals surface area contributed by atoms with Gasteiger partial charge in [0.1, 0.15) is 11.5 Å². The third-order valence-electron chi connectivity index (χ3n) is 4.32. The van der Waals surface area contributed by atoms with E-state index in [1.54, 1.807) is 6.20 Å². The van der Waals surface area contributed by atoms with Crippen molar-refractivity contribution in [3.63, 3.8) is 0 Å². The minimum absolute atomic E-state index is 0.0162. The Bertz CT molecular complexity index is 700. The maximum absolute atomic E-state index is 12.2. The van der Waals surface area contributed by atoms with Crippen LogP contribution in [0.3, 0.4) is 0 Å². The van der Waals surface area contributed by atoms with Crippen LogP contribution in [0.2, 0.25) is 0 Å². The molecule has 1 aliphatic rings. The van der Waals surface area contributed by atoms with E-state index in [-0.39, 0.29) is 11.9 Å². The summed E-state index contributed by atoms with van der Waals surface area (Å²) in [4.78, 5) is 18.5. The fraction of sp³-hybridized carbons (Fsp3) is 0.368. The number of aromatic nitrogens is 1. The number of carbonyl (C=O) groups excluding carboxylic acids is 1. The summed E-state index contributed by atoms with van der Waals surface area (Å²) in [6.45, 7) is 3.47. The van der Waals surface area contributed by atoms with Gasteiger partial charge in [0.05, 0.1) is 6.04 Å². The van der Waals surface area contributed by atoms with Gasteiger partial charge in [0.15, 0.2) is 0 Å². The van der Waals surface area contributed by atoms with Crippen LogP contribution in [-0.2, 0) is 11.3 Å². The van der Waals surface area contributed by atoms with Crippen LogP contribution in [0.25, 0.3) is 0 Å². The molecule has 5 nitrogen and oxygen atoms in total. The fourth-order valence-corrected chi connectivity index (χ4v) is 2.94. The summed E-state index contributed by atoms with van der Waals surface area (Å²) in [6.07, 6.45) is 3.77. The zero-order valence-corrected chi connectivity index (χ0v) is 14.2. The van der Waals surface area contributed by atoms with Gasteiger partial charge in [0.2, 0.25) is 5.91 Å². The van der Waals surface area contributed by atoms with Gasteiger partial charge in [-0.2, -0.15) is 0 Å². The maximum atomic E-state index is 12.2. The summed E-state index contributed by atoms with van der Waals surface area (Å²) in [5.74, 6) is 1.65. The third kappa shape index (κ3) is 4.11. The van der Waals surface area contributed by atoms with Gasteiger partial charge in [-0.3, -0.25) is 14.7 Å². The number of nitrogens with one attached hydrogen (secondary N) is 1. The minimum atomic E-state index is 0.0162. The number of carbonyl (C=O) groups is 1. The van der Waals surface area contributed by atoms with E-state index < -0.39 is 0 Å². The van der Waals surface area contributed by atoms with E-state index in [0.717, 1.165) is 42.1 Å². The average molecular weight is 325 g/mol. The quantitative estimate of drug-likeness (QED) is 0.918. The SMILES string of the molecule is Cc1cc(Oc2ccc(CNC(=O)C3CCCN3C)cc2)ccn1. The van der Waals surface area contributed by atoms with Crippen molar-refractivity contribution in [2.75, 3.05) is 13.6 Å². The van der Waals surface area contributed by atoms with Gasteiger partial charge >= 0.3 is 0 Å². The lowest BCUT2D eigenvalue weighted by Crippen LogP contribution is -2.41. The molecule has 0 aliphatic carbocycles. The fourth-order valence-electron chi connectivity index (χ4n) is 2.94. The molecule has 24 heavy (non-hydrogen) atoms. The Hall–Kier alpha value is -2.40. The first-order valence-corrected chi connectivity index (χ1v) is 8.29. The van der Waals surface area contributed by atoms with Crippen molar-refractivity contribution in [2.24, 2.45) is 0 Å². The third-order valence-corrected chi connectivity index (χ3v) is 4.32. The number of aryl methyl sites for hydroxylation is 1. The number of amides is 1. The van der Waals surface area contributed by atoms with Crippen LogP contribution in [0, 0.1) is 6.92 Å². The Balaban J connectivity index is 1.54. The largest absolute Gasteiger partial charge is 0.457 e. The number of pyridine rings is 1. The molecular weight excluding hydrogens is 302 g/mol. The van der Waals surface area contributed by atoms with Crippen LogP contribution >= 0.6 is 0 Å². The van der Waals surface area contributed by atoms with E-state index in [4.69, 9.17) is 4.74 Å². The first kappa shape index (κ1) is 16.5. The summed E-state index contributed by atoms with van der Waals surface area (Å²) in [6, 6.07) is 11.5. The highest BCUT2D eigenvalue weighted by Crippen LogP contribution is 2.21. The molecule has 0 bridgehead atoms. The normalized spacial score (nSPS) is 17.7. The van der Waals surface area contributed by atoms with Gasteiger partial charge in [-0.05, 0) is 57.1 Å². The summed E-state index contributed by atoms with van der Waals surface area (Å²) in [5.41, 5.74) is 1.98. The van der Waals surface area contributed by atoms with E-state index in [9.17, 15) is 4.79 Å². The molecule has 1 saturated heterocycles. The molecule has 1 aromatic heterocycles. The maximum Gasteiger partial charge on any atom is 0.237 e. The zero-order chi connectivity index (χ0) is 16.9. The monoisotopic (exact) mass is 325 g/mol. The number of ether oxygens (including phenoxy) is 1. The Morgan fingerprint density at radius 3 is 2.75 bits per heavy atom. The van der Waals surface area contributed by atoms with Gasteiger partial charge in [-0.1, -0.05) is 12.1 Å². The molecule has 1 fully saturated rings. The molecule has 1 aromatic carbocycles. The van der Waals surface area contributed by atoms with Crippen LogP contribution < -0.4 is 10.1 Å². The Kier molecular flexibility index (Phi) is 5.11. The van der Waals surface area contributed by atoms with Crippen LogP contribution in [0.4, 0.5) is 0 Å². The lowest BCUT2D eigenvalue weighted by molar-refractivity contribution is -0.125. The van der Waals surface area contributed by atoms with Crippen molar-refractivity contribution in [1.82, 2.24) is 15.2 Å². The van der Waals surface area contributed by atoms with Gasteiger partial charge < -0.3 is 10.1 Å². The summed E-state index contributed by atoms with van der Waals surface area (Å²) in [7, 11) is 2.00. The molecule has 1 amide bonds. The molecule has 3 rings (SSSR count). The first-order chi connectivity index (χ1) is 11.6. The van der Waals surface area contributed by atoms with Crippen LogP contribution in [0.15, 0.2) is 42.6 Å². The summed E-state index contributed by atoms with van der Waals surface area (Å²) >= 11 is 0. The summed E-state index contributed by atoms with van der Waals surface area (Å²) in [5, 5.41) is 3.02. The van der Waals surface area contributed by atoms with Gasteiger partial charge in [0, 0.05) is 24.5 Å². The van der Waals surface area contributed by atoms with Crippen molar-refractivity contribution in [1.29, 1.82) is 0 Å². The second-order valence-electron chi connectivity index (χ2n) is 6.24. The van der Waals surface area contributed by atoms with Gasteiger partial charge in [-0.25, -0.2) is 0 Å². The van der Waals surface area contributed by atoms with Crippen molar-refractivity contribution in [2.45, 2.75) is 32.4 Å². The van der Waals surface area contributed by atoms with Gasteiger partial charge in [-0.15, -0.1) is 0 Å². The highest BCUT2D eigenvalue weighted by Gasteiger charge is 2.27. The van der Waals surface area contributed by atoms with Crippen molar-refractivity contribution < 1.29 is 9.53 Å². The number of hydrogen-bond acceptors (Lipinski definition) is 4. The second-order valence-corrected chi connectivity index (χ2v) is 6.24. The van der Waals surface area contributed by atoms with Crippen molar-refractivity contribution in [3.05, 3.63) is 53.9 Å². The number of rotatable bonds is 5. The molecule has 0 radical (unpaired) electrons. The molecule has 0 saturated carbocycles. The number of hydrogen-bond donors (Lipinski definition) is 1. The van der Waals surface area contributed by atoms with Crippen LogP contribution in [-0.4, -0.2) is 35.4 Å². The lowest BCUT2D eigenvalue weighted by atomic mass is 10.2. The molecule has 1 atom stereocenters. The number of likely N-dealkylation sites (tertiary alicyclic amines) is 1. The van der Waals surface area contributed by atoms with Gasteiger partial charge in [0.25, 0.3) is 0 Å². The highest BCUT2D eigenvalue weighted by atomic mass is 16.5.